The molecule has 0 bridgehead atoms. The number of hydrogen-bond donors (Lipinski definition) is 0. The van der Waals surface area contributed by atoms with Gasteiger partial charge in [-0.05, 0) is 24.3 Å². The highest BCUT2D eigenvalue weighted by atomic mass is 16.2. The number of carbonyl (C=O) groups excluding carboxylic acids is 2. The summed E-state index contributed by atoms with van der Waals surface area (Å²) in [5.74, 6) is -0.0632. The molecule has 2 rings (SSSR count). The van der Waals surface area contributed by atoms with Gasteiger partial charge in [-0.2, -0.15) is 0 Å². The molecule has 25 heavy (non-hydrogen) atoms. The zero-order valence-corrected chi connectivity index (χ0v) is 15.3. The van der Waals surface area contributed by atoms with Crippen LogP contribution in [0, 0.1) is 0 Å². The van der Waals surface area contributed by atoms with Crippen LogP contribution in [0.2, 0.25) is 0 Å². The van der Waals surface area contributed by atoms with Gasteiger partial charge in [-0.1, -0.05) is 36.9 Å². The normalized spacial score (nSPS) is 11.0. The molecule has 0 saturated carbocycles. The van der Waals surface area contributed by atoms with Gasteiger partial charge in [0, 0.05) is 25.2 Å². The number of hydrogen-bond acceptors (Lipinski definition) is 2. The van der Waals surface area contributed by atoms with Gasteiger partial charge in [-0.25, -0.2) is 0 Å². The predicted molar refractivity (Wildman–Crippen MR) is 103 cm³/mol. The largest absolute Gasteiger partial charge is 0.345 e. The van der Waals surface area contributed by atoms with Gasteiger partial charge >= 0.3 is 0 Å². The Kier molecular flexibility index (Phi) is 5.55. The van der Waals surface area contributed by atoms with Crippen molar-refractivity contribution in [1.82, 2.24) is 9.38 Å². The van der Waals surface area contributed by atoms with Crippen molar-refractivity contribution in [2.24, 2.45) is 0 Å². The molecule has 0 spiro atoms. The molecule has 2 aromatic carbocycles. The van der Waals surface area contributed by atoms with E-state index in [4.69, 9.17) is 0 Å². The van der Waals surface area contributed by atoms with Crippen molar-refractivity contribution < 1.29 is 9.59 Å². The van der Waals surface area contributed by atoms with Crippen LogP contribution in [0.1, 0.15) is 15.9 Å². The number of nitrogens with zero attached hydrogens (tertiary/aromatic N) is 2. The van der Waals surface area contributed by atoms with Crippen LogP contribution in [0.5, 0.6) is 0 Å². The lowest BCUT2D eigenvalue weighted by Crippen LogP contribution is -2.44. The summed E-state index contributed by atoms with van der Waals surface area (Å²) in [6.45, 7) is 4.41. The van der Waals surface area contributed by atoms with Gasteiger partial charge < -0.3 is 4.90 Å². The Labute approximate surface area is 149 Å². The Hall–Kier alpha value is -2.72. The van der Waals surface area contributed by atoms with Crippen molar-refractivity contribution in [3.8, 4) is 0 Å². The molecule has 0 unspecified atom stereocenters. The van der Waals surface area contributed by atoms with Gasteiger partial charge in [0.1, 0.15) is 12.2 Å². The van der Waals surface area contributed by atoms with E-state index in [1.807, 2.05) is 68.7 Å². The second kappa shape index (κ2) is 7.45. The monoisotopic (exact) mass is 337 g/mol. The van der Waals surface area contributed by atoms with Crippen LogP contribution in [-0.2, 0) is 4.79 Å². The summed E-state index contributed by atoms with van der Waals surface area (Å²) in [5, 5.41) is 0. The standard InChI is InChI=1S/C21H25N2O2/c1-16(21(25)22(2)3)15-23(4,5)19-13-11-18(12-14-19)20(24)17-9-7-6-8-10-17/h6-14H,1,15H2,2-5H3/q+1. The number of rotatable bonds is 6. The number of carbonyl (C=O) groups is 2. The lowest BCUT2D eigenvalue weighted by atomic mass is 10.0. The molecule has 0 aliphatic heterocycles. The molecule has 4 heteroatoms. The van der Waals surface area contributed by atoms with Gasteiger partial charge in [-0.15, -0.1) is 0 Å². The molecule has 1 amide bonds. The Morgan fingerprint density at radius 2 is 1.44 bits per heavy atom. The molecule has 4 nitrogen and oxygen atoms in total. The molecule has 0 aliphatic rings. The SMILES string of the molecule is C=C(C[N+](C)(C)c1ccc(C(=O)c2ccccc2)cc1)C(=O)N(C)C. The van der Waals surface area contributed by atoms with Crippen LogP contribution in [0.4, 0.5) is 5.69 Å². The highest BCUT2D eigenvalue weighted by Gasteiger charge is 2.24. The molecular formula is C21H25N2O2+. The van der Waals surface area contributed by atoms with E-state index in [1.165, 1.54) is 4.90 Å². The van der Waals surface area contributed by atoms with E-state index in [1.54, 1.807) is 14.1 Å². The van der Waals surface area contributed by atoms with Gasteiger partial charge in [0.2, 0.25) is 0 Å². The lowest BCUT2D eigenvalue weighted by molar-refractivity contribution is -0.124. The van der Waals surface area contributed by atoms with Crippen LogP contribution < -0.4 is 4.48 Å². The first-order chi connectivity index (χ1) is 11.7. The zero-order valence-electron chi connectivity index (χ0n) is 15.3. The summed E-state index contributed by atoms with van der Waals surface area (Å²) >= 11 is 0. The van der Waals surface area contributed by atoms with Gasteiger partial charge in [0.25, 0.3) is 5.91 Å². The maximum absolute atomic E-state index is 12.5. The van der Waals surface area contributed by atoms with Crippen LogP contribution in [0.3, 0.4) is 0 Å². The quantitative estimate of drug-likeness (QED) is 0.461. The molecule has 0 saturated heterocycles. The Morgan fingerprint density at radius 1 is 0.920 bits per heavy atom. The molecule has 0 aromatic heterocycles. The topological polar surface area (TPSA) is 37.4 Å². The predicted octanol–water partition coefficient (Wildman–Crippen LogP) is 3.13. The number of amides is 1. The average molecular weight is 337 g/mol. The molecule has 0 heterocycles. The first kappa shape index (κ1) is 18.6. The van der Waals surface area contributed by atoms with E-state index in [2.05, 4.69) is 6.58 Å². The van der Waals surface area contributed by atoms with Crippen LogP contribution >= 0.6 is 0 Å². The molecule has 0 fully saturated rings. The third-order valence-electron chi connectivity index (χ3n) is 4.16. The summed E-state index contributed by atoms with van der Waals surface area (Å²) in [6.07, 6.45) is 0. The minimum absolute atomic E-state index is 0.00431. The third kappa shape index (κ3) is 4.43. The lowest BCUT2D eigenvalue weighted by Gasteiger charge is -2.30. The number of benzene rings is 2. The fourth-order valence-corrected chi connectivity index (χ4v) is 2.72. The van der Waals surface area contributed by atoms with E-state index in [0.29, 0.717) is 27.7 Å². The van der Waals surface area contributed by atoms with Gasteiger partial charge in [0.15, 0.2) is 5.78 Å². The van der Waals surface area contributed by atoms with E-state index < -0.39 is 0 Å². The average Bonchev–Trinajstić information content (AvgIpc) is 2.60. The molecule has 2 aromatic rings. The molecule has 0 N–H and O–H groups in total. The molecular weight excluding hydrogens is 312 g/mol. The van der Waals surface area contributed by atoms with Crippen molar-refractivity contribution in [2.75, 3.05) is 34.7 Å². The van der Waals surface area contributed by atoms with E-state index in [-0.39, 0.29) is 11.7 Å². The number of likely N-dealkylation sites (N-methyl/N-ethyl adjacent to an activating group) is 2. The van der Waals surface area contributed by atoms with E-state index >= 15 is 0 Å². The zero-order chi connectivity index (χ0) is 18.6. The van der Waals surface area contributed by atoms with Gasteiger partial charge in [-0.3, -0.25) is 14.1 Å². The molecule has 0 aliphatic carbocycles. The van der Waals surface area contributed by atoms with Crippen LogP contribution in [0.25, 0.3) is 0 Å². The molecule has 0 atom stereocenters. The van der Waals surface area contributed by atoms with Crippen molar-refractivity contribution in [2.45, 2.75) is 0 Å². The second-order valence-electron chi connectivity index (χ2n) is 6.89. The third-order valence-corrected chi connectivity index (χ3v) is 4.16. The van der Waals surface area contributed by atoms with Gasteiger partial charge in [0.05, 0.1) is 19.7 Å². The molecule has 130 valence electrons. The Balaban J connectivity index is 2.17. The van der Waals surface area contributed by atoms with E-state index in [9.17, 15) is 9.59 Å². The van der Waals surface area contributed by atoms with Crippen molar-refractivity contribution in [3.05, 3.63) is 77.9 Å². The highest BCUT2D eigenvalue weighted by molar-refractivity contribution is 6.09. The minimum atomic E-state index is -0.0675. The molecule has 0 radical (unpaired) electrons. The Morgan fingerprint density at radius 3 is 1.96 bits per heavy atom. The summed E-state index contributed by atoms with van der Waals surface area (Å²) in [6, 6.07) is 16.8. The number of ketones is 1. The second-order valence-corrected chi connectivity index (χ2v) is 6.89. The van der Waals surface area contributed by atoms with Crippen molar-refractivity contribution >= 4 is 17.4 Å². The highest BCUT2D eigenvalue weighted by Crippen LogP contribution is 2.22. The van der Waals surface area contributed by atoms with Crippen LogP contribution in [-0.4, -0.2) is 51.3 Å². The maximum Gasteiger partial charge on any atom is 0.254 e. The summed E-state index contributed by atoms with van der Waals surface area (Å²) in [4.78, 5) is 26.0. The maximum atomic E-state index is 12.5. The van der Waals surface area contributed by atoms with E-state index in [0.717, 1.165) is 5.69 Å². The fraction of sp³-hybridized carbons (Fsp3) is 0.238. The summed E-state index contributed by atoms with van der Waals surface area (Å²) < 4.78 is 0.484. The van der Waals surface area contributed by atoms with Crippen molar-refractivity contribution in [3.63, 3.8) is 0 Å². The Bertz CT molecular complexity index is 775. The fourth-order valence-electron chi connectivity index (χ4n) is 2.72. The minimum Gasteiger partial charge on any atom is -0.345 e. The van der Waals surface area contributed by atoms with Crippen molar-refractivity contribution in [1.29, 1.82) is 0 Å². The smallest absolute Gasteiger partial charge is 0.254 e. The summed E-state index contributed by atoms with van der Waals surface area (Å²) in [7, 11) is 7.47. The first-order valence-corrected chi connectivity index (χ1v) is 8.15. The summed E-state index contributed by atoms with van der Waals surface area (Å²) in [5.41, 5.74) is 2.89. The van der Waals surface area contributed by atoms with Crippen LogP contribution in [0.15, 0.2) is 66.7 Å². The first-order valence-electron chi connectivity index (χ1n) is 8.15. The number of quaternary nitrogens is 1.